The van der Waals surface area contributed by atoms with Gasteiger partial charge >= 0.3 is 0 Å². The molecule has 2 amide bonds. The molecule has 224 valence electrons. The molecule has 2 heterocycles. The van der Waals surface area contributed by atoms with E-state index >= 15 is 0 Å². The van der Waals surface area contributed by atoms with Crippen LogP contribution in [-0.4, -0.2) is 54.1 Å². The minimum Gasteiger partial charge on any atom is -0.392 e. The van der Waals surface area contributed by atoms with E-state index in [0.29, 0.717) is 13.0 Å². The molecule has 2 aromatic carbocycles. The Labute approximate surface area is 244 Å². The highest BCUT2D eigenvalue weighted by Gasteiger charge is 2.33. The first-order valence-electron chi connectivity index (χ1n) is 15.4. The molecule has 8 nitrogen and oxygen atoms in total. The van der Waals surface area contributed by atoms with Gasteiger partial charge < -0.3 is 30.1 Å². The van der Waals surface area contributed by atoms with Gasteiger partial charge in [-0.2, -0.15) is 0 Å². The Bertz CT molecular complexity index is 1080. The lowest BCUT2D eigenvalue weighted by Crippen LogP contribution is -2.40. The van der Waals surface area contributed by atoms with Gasteiger partial charge in [-0.15, -0.1) is 0 Å². The molecular formula is C33H47N3O5. The summed E-state index contributed by atoms with van der Waals surface area (Å²) in [5.74, 6) is -0.0490. The monoisotopic (exact) mass is 565 g/mol. The van der Waals surface area contributed by atoms with Crippen molar-refractivity contribution in [2.45, 2.75) is 96.2 Å². The Kier molecular flexibility index (Phi) is 12.6. The van der Waals surface area contributed by atoms with Gasteiger partial charge in [0, 0.05) is 44.1 Å². The average molecular weight is 566 g/mol. The first-order chi connectivity index (χ1) is 20.0. The van der Waals surface area contributed by atoms with Gasteiger partial charge in [0.25, 0.3) is 0 Å². The van der Waals surface area contributed by atoms with Gasteiger partial charge in [-0.1, -0.05) is 62.1 Å². The summed E-state index contributed by atoms with van der Waals surface area (Å²) in [4.78, 5) is 26.1. The van der Waals surface area contributed by atoms with Crippen LogP contribution in [0.3, 0.4) is 0 Å². The van der Waals surface area contributed by atoms with Crippen molar-refractivity contribution in [2.24, 2.45) is 0 Å². The topological polar surface area (TPSA) is 100 Å². The van der Waals surface area contributed by atoms with Gasteiger partial charge in [0.2, 0.25) is 11.8 Å². The Balaban J connectivity index is 1.40. The molecule has 3 N–H and O–H groups in total. The van der Waals surface area contributed by atoms with E-state index in [4.69, 9.17) is 9.47 Å². The minimum absolute atomic E-state index is 0.0186. The van der Waals surface area contributed by atoms with Crippen molar-refractivity contribution in [3.63, 3.8) is 0 Å². The maximum absolute atomic E-state index is 12.6. The number of nitrogens with zero attached hydrogens (tertiary/aromatic N) is 1. The third-order valence-corrected chi connectivity index (χ3v) is 7.92. The van der Waals surface area contributed by atoms with Crippen molar-refractivity contribution in [1.29, 1.82) is 0 Å². The second-order valence-electron chi connectivity index (χ2n) is 11.4. The van der Waals surface area contributed by atoms with Gasteiger partial charge in [-0.25, -0.2) is 0 Å². The number of unbranched alkanes of at least 4 members (excludes halogenated alkanes) is 2. The molecule has 0 bridgehead atoms. The molecule has 3 atom stereocenters. The predicted octanol–water partition coefficient (Wildman–Crippen LogP) is 5.63. The number of carbonyl (C=O) groups excluding carboxylic acids is 2. The lowest BCUT2D eigenvalue weighted by Gasteiger charge is -2.39. The van der Waals surface area contributed by atoms with Gasteiger partial charge in [0.15, 0.2) is 6.29 Å². The number of likely N-dealkylation sites (tertiary alicyclic amines) is 1. The Morgan fingerprint density at radius 1 is 0.927 bits per heavy atom. The summed E-state index contributed by atoms with van der Waals surface area (Å²) < 4.78 is 13.1. The number of aliphatic hydroxyl groups is 1. The number of amides is 2. The van der Waals surface area contributed by atoms with Crippen LogP contribution < -0.4 is 10.6 Å². The zero-order valence-electron chi connectivity index (χ0n) is 24.5. The number of anilines is 1. The third-order valence-electron chi connectivity index (χ3n) is 7.92. The summed E-state index contributed by atoms with van der Waals surface area (Å²) >= 11 is 0. The zero-order valence-corrected chi connectivity index (χ0v) is 24.5. The fourth-order valence-corrected chi connectivity index (χ4v) is 5.65. The quantitative estimate of drug-likeness (QED) is 0.289. The van der Waals surface area contributed by atoms with Crippen LogP contribution in [0.2, 0.25) is 0 Å². The number of hydrogen-bond acceptors (Lipinski definition) is 6. The van der Waals surface area contributed by atoms with E-state index in [1.807, 2.05) is 48.5 Å². The number of rotatable bonds is 12. The summed E-state index contributed by atoms with van der Waals surface area (Å²) in [5.41, 5.74) is 3.57. The molecule has 0 spiro atoms. The lowest BCUT2D eigenvalue weighted by molar-refractivity contribution is -0.253. The van der Waals surface area contributed by atoms with Crippen molar-refractivity contribution in [2.75, 3.05) is 31.5 Å². The fraction of sp³-hybridized carbons (Fsp3) is 0.576. The van der Waals surface area contributed by atoms with E-state index in [9.17, 15) is 14.7 Å². The maximum atomic E-state index is 12.6. The molecule has 4 rings (SSSR count). The van der Waals surface area contributed by atoms with Crippen molar-refractivity contribution >= 4 is 17.5 Å². The second-order valence-corrected chi connectivity index (χ2v) is 11.4. The van der Waals surface area contributed by atoms with Crippen LogP contribution in [0.5, 0.6) is 0 Å². The highest BCUT2D eigenvalue weighted by Crippen LogP contribution is 2.38. The number of aliphatic hydroxyl groups excluding tert-OH is 1. The van der Waals surface area contributed by atoms with Gasteiger partial charge in [0.1, 0.15) is 0 Å². The normalized spacial score (nSPS) is 22.0. The Hall–Kier alpha value is -2.78. The molecule has 8 heteroatoms. The van der Waals surface area contributed by atoms with Gasteiger partial charge in [-0.3, -0.25) is 9.59 Å². The molecule has 2 fully saturated rings. The van der Waals surface area contributed by atoms with Crippen LogP contribution >= 0.6 is 0 Å². The smallest absolute Gasteiger partial charge is 0.224 e. The SMILES string of the molecule is CC(=O)NCCCCCC(=O)Nc1cccc([C@@H]2O[C@H](CN3CCCCCCC3)C[C@H](c3ccc(CO)cc3)O2)c1. The lowest BCUT2D eigenvalue weighted by atomic mass is 9.99. The first-order valence-corrected chi connectivity index (χ1v) is 15.4. The highest BCUT2D eigenvalue weighted by atomic mass is 16.7. The van der Waals surface area contributed by atoms with Crippen LogP contribution in [0.15, 0.2) is 48.5 Å². The summed E-state index contributed by atoms with van der Waals surface area (Å²) in [5, 5.41) is 15.3. The van der Waals surface area contributed by atoms with Gasteiger partial charge in [0.05, 0.1) is 18.8 Å². The summed E-state index contributed by atoms with van der Waals surface area (Å²) in [6.07, 6.45) is 9.46. The largest absolute Gasteiger partial charge is 0.392 e. The standard InChI is InChI=1S/C33H47N3O5/c1-25(38)34-18-7-5-6-13-32(39)35-29-12-10-11-28(21-29)33-40-30(23-36-19-8-3-2-4-9-20-36)22-31(41-33)27-16-14-26(24-37)15-17-27/h10-12,14-17,21,30-31,33,37H,2-9,13,18-20,22-24H2,1H3,(H,34,38)(H,35,39)/t30-,31+,33+/m0/s1. The highest BCUT2D eigenvalue weighted by molar-refractivity contribution is 5.90. The van der Waals surface area contributed by atoms with Crippen LogP contribution in [0, 0.1) is 0 Å². The zero-order chi connectivity index (χ0) is 28.9. The predicted molar refractivity (Wildman–Crippen MR) is 160 cm³/mol. The van der Waals surface area contributed by atoms with E-state index in [1.54, 1.807) is 0 Å². The molecule has 2 aliphatic rings. The van der Waals surface area contributed by atoms with Crippen LogP contribution in [0.1, 0.15) is 100 Å². The van der Waals surface area contributed by atoms with Gasteiger partial charge in [-0.05, 0) is 62.0 Å². The summed E-state index contributed by atoms with van der Waals surface area (Å²) in [6, 6.07) is 15.7. The van der Waals surface area contributed by atoms with Crippen molar-refractivity contribution < 1.29 is 24.2 Å². The van der Waals surface area contributed by atoms with Crippen molar-refractivity contribution in [3.8, 4) is 0 Å². The summed E-state index contributed by atoms with van der Waals surface area (Å²) in [7, 11) is 0. The van der Waals surface area contributed by atoms with Crippen LogP contribution in [-0.2, 0) is 25.7 Å². The van der Waals surface area contributed by atoms with E-state index in [0.717, 1.165) is 67.7 Å². The van der Waals surface area contributed by atoms with Crippen molar-refractivity contribution in [3.05, 3.63) is 65.2 Å². The van der Waals surface area contributed by atoms with E-state index in [1.165, 1.54) is 39.0 Å². The van der Waals surface area contributed by atoms with E-state index in [2.05, 4.69) is 15.5 Å². The molecule has 2 aliphatic heterocycles. The number of hydrogen-bond donors (Lipinski definition) is 3. The average Bonchev–Trinajstić information content (AvgIpc) is 2.96. The number of ether oxygens (including phenoxy) is 2. The van der Waals surface area contributed by atoms with Crippen LogP contribution in [0.4, 0.5) is 5.69 Å². The Morgan fingerprint density at radius 2 is 1.68 bits per heavy atom. The fourth-order valence-electron chi connectivity index (χ4n) is 5.65. The third kappa shape index (κ3) is 10.5. The molecule has 0 unspecified atom stereocenters. The summed E-state index contributed by atoms with van der Waals surface area (Å²) in [6.45, 7) is 5.27. The molecule has 0 aromatic heterocycles. The second kappa shape index (κ2) is 16.6. The molecule has 0 aliphatic carbocycles. The molecule has 2 aromatic rings. The maximum Gasteiger partial charge on any atom is 0.224 e. The van der Waals surface area contributed by atoms with Crippen molar-refractivity contribution in [1.82, 2.24) is 10.2 Å². The molecular weight excluding hydrogens is 518 g/mol. The van der Waals surface area contributed by atoms with E-state index < -0.39 is 6.29 Å². The number of nitrogens with one attached hydrogen (secondary N) is 2. The van der Waals surface area contributed by atoms with E-state index in [-0.39, 0.29) is 30.6 Å². The number of benzene rings is 2. The minimum atomic E-state index is -0.545. The van der Waals surface area contributed by atoms with Crippen LogP contribution in [0.25, 0.3) is 0 Å². The Morgan fingerprint density at radius 3 is 2.41 bits per heavy atom. The molecule has 0 radical (unpaired) electrons. The molecule has 0 saturated carbocycles. The first kappa shape index (κ1) is 31.2. The molecule has 2 saturated heterocycles. The molecule has 41 heavy (non-hydrogen) atoms. The number of carbonyl (C=O) groups is 2.